The smallest absolute Gasteiger partial charge is 0.253 e. The molecular formula is C29H25FN4O4. The second-order valence-electron chi connectivity index (χ2n) is 10.0. The van der Waals surface area contributed by atoms with Crippen LogP contribution >= 0.6 is 0 Å². The minimum atomic E-state index is -1.40. The molecule has 3 aliphatic rings. The molecule has 0 saturated carbocycles. The van der Waals surface area contributed by atoms with Gasteiger partial charge in [0.25, 0.3) is 5.91 Å². The lowest BCUT2D eigenvalue weighted by molar-refractivity contribution is -0.132. The van der Waals surface area contributed by atoms with E-state index in [1.807, 2.05) is 31.2 Å². The first-order chi connectivity index (χ1) is 18.2. The van der Waals surface area contributed by atoms with Crippen molar-refractivity contribution in [3.63, 3.8) is 0 Å². The van der Waals surface area contributed by atoms with Gasteiger partial charge in [-0.1, -0.05) is 30.3 Å². The van der Waals surface area contributed by atoms with Crippen LogP contribution in [0, 0.1) is 17.7 Å². The summed E-state index contributed by atoms with van der Waals surface area (Å²) in [6.07, 6.45) is 0. The molecule has 3 aliphatic heterocycles. The SMILES string of the molecule is CC(=O)Nc1ccc(N2C(=O)[C@@H]3[C@H](C)N[C@@]4(C(=O)N(Cc5ccc(F)cc5)c5ccccc54)[C@@H]3C2=O)cc1. The Morgan fingerprint density at radius 2 is 1.66 bits per heavy atom. The van der Waals surface area contributed by atoms with Gasteiger partial charge in [0.15, 0.2) is 0 Å². The maximum absolute atomic E-state index is 14.3. The molecule has 0 unspecified atom stereocenters. The third-order valence-electron chi connectivity index (χ3n) is 7.71. The Labute approximate surface area is 218 Å². The molecule has 3 aromatic carbocycles. The number of halogens is 1. The number of benzene rings is 3. The van der Waals surface area contributed by atoms with Crippen LogP contribution in [0.2, 0.25) is 0 Å². The van der Waals surface area contributed by atoms with Crippen molar-refractivity contribution in [2.24, 2.45) is 11.8 Å². The number of anilines is 3. The molecule has 0 aromatic heterocycles. The fraction of sp³-hybridized carbons (Fsp3) is 0.241. The third kappa shape index (κ3) is 3.39. The van der Waals surface area contributed by atoms with E-state index in [4.69, 9.17) is 0 Å². The molecule has 1 spiro atoms. The summed E-state index contributed by atoms with van der Waals surface area (Å²) in [5.41, 5.74) is 1.56. The van der Waals surface area contributed by atoms with Crippen molar-refractivity contribution >= 4 is 40.7 Å². The minimum Gasteiger partial charge on any atom is -0.326 e. The zero-order chi connectivity index (χ0) is 26.8. The van der Waals surface area contributed by atoms with Crippen LogP contribution in [0.25, 0.3) is 0 Å². The molecule has 0 aliphatic carbocycles. The maximum Gasteiger partial charge on any atom is 0.253 e. The number of amides is 4. The summed E-state index contributed by atoms with van der Waals surface area (Å²) in [7, 11) is 0. The summed E-state index contributed by atoms with van der Waals surface area (Å²) in [6.45, 7) is 3.41. The lowest BCUT2D eigenvalue weighted by atomic mass is 9.76. The topological polar surface area (TPSA) is 98.8 Å². The van der Waals surface area contributed by atoms with E-state index in [1.54, 1.807) is 41.3 Å². The summed E-state index contributed by atoms with van der Waals surface area (Å²) in [4.78, 5) is 56.1. The second-order valence-corrected chi connectivity index (χ2v) is 10.0. The molecule has 192 valence electrons. The van der Waals surface area contributed by atoms with Crippen LogP contribution in [-0.2, 0) is 31.3 Å². The van der Waals surface area contributed by atoms with Gasteiger partial charge >= 0.3 is 0 Å². The van der Waals surface area contributed by atoms with Crippen molar-refractivity contribution < 1.29 is 23.6 Å². The van der Waals surface area contributed by atoms with Crippen LogP contribution in [0.4, 0.5) is 21.5 Å². The third-order valence-corrected chi connectivity index (χ3v) is 7.71. The number of imide groups is 1. The molecule has 3 aromatic rings. The first-order valence-corrected chi connectivity index (χ1v) is 12.4. The molecule has 8 nitrogen and oxygen atoms in total. The van der Waals surface area contributed by atoms with Crippen molar-refractivity contribution in [2.75, 3.05) is 15.1 Å². The van der Waals surface area contributed by atoms with Gasteiger partial charge in [0.2, 0.25) is 17.7 Å². The fourth-order valence-corrected chi connectivity index (χ4v) is 6.19. The molecule has 2 N–H and O–H groups in total. The van der Waals surface area contributed by atoms with Crippen LogP contribution in [0.15, 0.2) is 72.8 Å². The minimum absolute atomic E-state index is 0.196. The Morgan fingerprint density at radius 1 is 0.974 bits per heavy atom. The number of carbonyl (C=O) groups excluding carboxylic acids is 4. The van der Waals surface area contributed by atoms with Crippen molar-refractivity contribution in [2.45, 2.75) is 32.0 Å². The Morgan fingerprint density at radius 3 is 2.34 bits per heavy atom. The average Bonchev–Trinajstić information content (AvgIpc) is 3.44. The number of carbonyl (C=O) groups is 4. The van der Waals surface area contributed by atoms with Crippen molar-refractivity contribution in [1.29, 1.82) is 0 Å². The van der Waals surface area contributed by atoms with Gasteiger partial charge in [-0.25, -0.2) is 9.29 Å². The molecule has 4 atom stereocenters. The number of nitrogens with one attached hydrogen (secondary N) is 2. The highest BCUT2D eigenvalue weighted by Crippen LogP contribution is 2.55. The lowest BCUT2D eigenvalue weighted by Gasteiger charge is -2.30. The largest absolute Gasteiger partial charge is 0.326 e. The van der Waals surface area contributed by atoms with E-state index in [2.05, 4.69) is 10.6 Å². The average molecular weight is 513 g/mol. The normalized spacial score (nSPS) is 25.8. The standard InChI is InChI=1S/C29H25FN4O4/c1-16-24-25(27(37)34(26(24)36)21-13-11-20(12-14-21)31-17(2)35)29(32-16)22-5-3-4-6-23(22)33(28(29)38)15-18-7-9-19(30)10-8-18/h3-14,16,24-25,32H,15H2,1-2H3,(H,31,35)/t16-,24+,25-,29+/m0/s1. The summed E-state index contributed by atoms with van der Waals surface area (Å²) in [5.74, 6) is -3.40. The predicted molar refractivity (Wildman–Crippen MR) is 139 cm³/mol. The predicted octanol–water partition coefficient (Wildman–Crippen LogP) is 3.32. The van der Waals surface area contributed by atoms with Gasteiger partial charge in [-0.05, 0) is 55.0 Å². The molecule has 6 rings (SSSR count). The van der Waals surface area contributed by atoms with Crippen LogP contribution in [0.5, 0.6) is 0 Å². The number of nitrogens with zero attached hydrogens (tertiary/aromatic N) is 2. The maximum atomic E-state index is 14.3. The highest BCUT2D eigenvalue weighted by atomic mass is 19.1. The lowest BCUT2D eigenvalue weighted by Crippen LogP contribution is -2.54. The number of hydrogen-bond donors (Lipinski definition) is 2. The van der Waals surface area contributed by atoms with E-state index < -0.39 is 29.3 Å². The van der Waals surface area contributed by atoms with Crippen molar-refractivity contribution in [1.82, 2.24) is 5.32 Å². The van der Waals surface area contributed by atoms with Gasteiger partial charge in [0, 0.05) is 29.9 Å². The van der Waals surface area contributed by atoms with Gasteiger partial charge in [0.05, 0.1) is 24.1 Å². The zero-order valence-electron chi connectivity index (χ0n) is 20.8. The molecule has 0 radical (unpaired) electrons. The molecule has 0 bridgehead atoms. The molecule has 38 heavy (non-hydrogen) atoms. The molecule has 2 fully saturated rings. The Bertz CT molecular complexity index is 1490. The van der Waals surface area contributed by atoms with E-state index in [-0.39, 0.29) is 30.1 Å². The van der Waals surface area contributed by atoms with E-state index in [0.29, 0.717) is 22.6 Å². The van der Waals surface area contributed by atoms with Gasteiger partial charge in [-0.2, -0.15) is 0 Å². The number of rotatable bonds is 4. The van der Waals surface area contributed by atoms with Crippen LogP contribution in [-0.4, -0.2) is 29.7 Å². The Hall–Kier alpha value is -4.37. The van der Waals surface area contributed by atoms with Crippen LogP contribution in [0.3, 0.4) is 0 Å². The van der Waals surface area contributed by atoms with E-state index in [9.17, 15) is 23.6 Å². The van der Waals surface area contributed by atoms with Crippen molar-refractivity contribution in [3.8, 4) is 0 Å². The molecular weight excluding hydrogens is 487 g/mol. The first-order valence-electron chi connectivity index (χ1n) is 12.4. The Balaban J connectivity index is 1.40. The van der Waals surface area contributed by atoms with E-state index in [0.717, 1.165) is 10.5 Å². The fourth-order valence-electron chi connectivity index (χ4n) is 6.19. The number of para-hydroxylation sites is 1. The van der Waals surface area contributed by atoms with E-state index in [1.165, 1.54) is 19.1 Å². The quantitative estimate of drug-likeness (QED) is 0.523. The summed E-state index contributed by atoms with van der Waals surface area (Å²) in [5, 5.41) is 6.03. The highest BCUT2D eigenvalue weighted by molar-refractivity contribution is 6.26. The van der Waals surface area contributed by atoms with Crippen LogP contribution in [0.1, 0.15) is 25.0 Å². The molecule has 9 heteroatoms. The van der Waals surface area contributed by atoms with Gasteiger partial charge in [0.1, 0.15) is 11.4 Å². The van der Waals surface area contributed by atoms with Crippen molar-refractivity contribution in [3.05, 3.63) is 89.7 Å². The Kier molecular flexibility index (Phi) is 5.43. The summed E-state index contributed by atoms with van der Waals surface area (Å²) < 4.78 is 13.5. The zero-order valence-corrected chi connectivity index (χ0v) is 20.8. The van der Waals surface area contributed by atoms with Crippen LogP contribution < -0.4 is 20.4 Å². The highest BCUT2D eigenvalue weighted by Gasteiger charge is 2.71. The second kappa shape index (κ2) is 8.59. The van der Waals surface area contributed by atoms with E-state index >= 15 is 0 Å². The first kappa shape index (κ1) is 24.0. The molecule has 2 saturated heterocycles. The summed E-state index contributed by atoms with van der Waals surface area (Å²) >= 11 is 0. The van der Waals surface area contributed by atoms with Gasteiger partial charge in [-0.15, -0.1) is 0 Å². The monoisotopic (exact) mass is 512 g/mol. The summed E-state index contributed by atoms with van der Waals surface area (Å²) in [6, 6.07) is 19.3. The number of fused-ring (bicyclic) bond motifs is 4. The number of hydrogen-bond acceptors (Lipinski definition) is 5. The molecule has 3 heterocycles. The van der Waals surface area contributed by atoms with Gasteiger partial charge < -0.3 is 10.2 Å². The van der Waals surface area contributed by atoms with Gasteiger partial charge in [-0.3, -0.25) is 24.5 Å². The molecule has 4 amide bonds.